The summed E-state index contributed by atoms with van der Waals surface area (Å²) >= 11 is 1.55. The summed E-state index contributed by atoms with van der Waals surface area (Å²) in [5, 5.41) is 0. The third-order valence-electron chi connectivity index (χ3n) is 6.37. The highest BCUT2D eigenvalue weighted by Crippen LogP contribution is 2.36. The molecule has 7 heteroatoms. The molecule has 0 spiro atoms. The Morgan fingerprint density at radius 2 is 1.86 bits per heavy atom. The van der Waals surface area contributed by atoms with E-state index in [4.69, 9.17) is 14.2 Å². The van der Waals surface area contributed by atoms with Gasteiger partial charge >= 0.3 is 0 Å². The molecular weight excluding hydrogens is 460 g/mol. The van der Waals surface area contributed by atoms with E-state index in [1.54, 1.807) is 18.4 Å². The second-order valence-corrected chi connectivity index (χ2v) is 9.66. The van der Waals surface area contributed by atoms with E-state index in [2.05, 4.69) is 4.98 Å². The number of hydrogen-bond acceptors (Lipinski definition) is 6. The number of likely N-dealkylation sites (tertiary alicyclic amines) is 1. The molecule has 0 saturated carbocycles. The molecule has 0 radical (unpaired) electrons. The van der Waals surface area contributed by atoms with Crippen LogP contribution in [0.1, 0.15) is 24.5 Å². The number of carbonyl (C=O) groups is 1. The predicted octanol–water partition coefficient (Wildman–Crippen LogP) is 5.70. The summed E-state index contributed by atoms with van der Waals surface area (Å²) in [4.78, 5) is 19.1. The largest absolute Gasteiger partial charge is 0.497 e. The average molecular weight is 489 g/mol. The molecule has 1 aromatic heterocycles. The van der Waals surface area contributed by atoms with Crippen LogP contribution >= 0.6 is 11.3 Å². The molecule has 35 heavy (non-hydrogen) atoms. The van der Waals surface area contributed by atoms with Crippen LogP contribution in [0.25, 0.3) is 10.2 Å². The number of ether oxygens (including phenoxy) is 3. The van der Waals surface area contributed by atoms with Gasteiger partial charge in [-0.25, -0.2) is 4.98 Å². The first-order valence-corrected chi connectivity index (χ1v) is 12.6. The number of rotatable bonds is 9. The zero-order valence-electron chi connectivity index (χ0n) is 19.8. The molecule has 1 aliphatic rings. The Kier molecular flexibility index (Phi) is 6.86. The zero-order chi connectivity index (χ0) is 24.2. The van der Waals surface area contributed by atoms with Gasteiger partial charge in [0.05, 0.1) is 22.8 Å². The number of aromatic nitrogens is 1. The number of carbonyl (C=O) groups excluding carboxylic acids is 1. The third kappa shape index (κ3) is 5.41. The van der Waals surface area contributed by atoms with Crippen molar-refractivity contribution in [1.82, 2.24) is 9.88 Å². The molecule has 2 heterocycles. The normalized spacial score (nSPS) is 16.5. The standard InChI is InChI=1S/C28H28N2O4S/c1-19(22-12-27(31)30(16-22)15-20-8-10-23(32-2)11-9-20)34-26-14-24(13-25-28(26)35-18-29-25)33-17-21-6-4-3-5-7-21/h3-11,13-14,18-19,22H,12,15-17H2,1-2H3. The van der Waals surface area contributed by atoms with E-state index in [-0.39, 0.29) is 17.9 Å². The van der Waals surface area contributed by atoms with Crippen LogP contribution in [-0.2, 0) is 17.9 Å². The SMILES string of the molecule is COc1ccc(CN2CC(C(C)Oc3cc(OCc4ccccc4)cc4ncsc34)CC2=O)cc1. The minimum atomic E-state index is -0.130. The van der Waals surface area contributed by atoms with Crippen molar-refractivity contribution in [2.75, 3.05) is 13.7 Å². The second kappa shape index (κ2) is 10.4. The van der Waals surface area contributed by atoms with Crippen molar-refractivity contribution in [3.8, 4) is 17.2 Å². The van der Waals surface area contributed by atoms with Gasteiger partial charge in [-0.2, -0.15) is 0 Å². The second-order valence-electron chi connectivity index (χ2n) is 8.81. The first-order chi connectivity index (χ1) is 17.1. The fourth-order valence-corrected chi connectivity index (χ4v) is 5.07. The van der Waals surface area contributed by atoms with Crippen molar-refractivity contribution in [3.63, 3.8) is 0 Å². The summed E-state index contributed by atoms with van der Waals surface area (Å²) in [5.41, 5.74) is 4.86. The van der Waals surface area contributed by atoms with Gasteiger partial charge < -0.3 is 19.1 Å². The summed E-state index contributed by atoms with van der Waals surface area (Å²) in [6, 6.07) is 21.8. The van der Waals surface area contributed by atoms with Gasteiger partial charge in [-0.05, 0) is 30.2 Å². The Morgan fingerprint density at radius 1 is 1.06 bits per heavy atom. The summed E-state index contributed by atoms with van der Waals surface area (Å²) in [6.07, 6.45) is 0.349. The zero-order valence-corrected chi connectivity index (χ0v) is 20.7. The number of fused-ring (bicyclic) bond motifs is 1. The van der Waals surface area contributed by atoms with E-state index in [9.17, 15) is 4.79 Å². The number of methoxy groups -OCH3 is 1. The quantitative estimate of drug-likeness (QED) is 0.302. The van der Waals surface area contributed by atoms with Gasteiger partial charge in [-0.1, -0.05) is 42.5 Å². The number of amides is 1. The van der Waals surface area contributed by atoms with Gasteiger partial charge in [0.2, 0.25) is 5.91 Å². The van der Waals surface area contributed by atoms with E-state index in [0.29, 0.717) is 26.1 Å². The third-order valence-corrected chi connectivity index (χ3v) is 7.23. The van der Waals surface area contributed by atoms with Gasteiger partial charge in [0.1, 0.15) is 30.0 Å². The average Bonchev–Trinajstić information content (AvgIpc) is 3.51. The Bertz CT molecular complexity index is 1290. The lowest BCUT2D eigenvalue weighted by Gasteiger charge is -2.22. The maximum atomic E-state index is 12.7. The lowest BCUT2D eigenvalue weighted by Crippen LogP contribution is -2.28. The van der Waals surface area contributed by atoms with E-state index in [0.717, 1.165) is 38.6 Å². The summed E-state index contributed by atoms with van der Waals surface area (Å²) in [6.45, 7) is 3.78. The first kappa shape index (κ1) is 23.2. The number of benzene rings is 3. The Labute approximate surface area is 209 Å². The number of thiazole rings is 1. The van der Waals surface area contributed by atoms with Crippen LogP contribution in [0, 0.1) is 5.92 Å². The Balaban J connectivity index is 1.26. The molecule has 2 unspecified atom stereocenters. The van der Waals surface area contributed by atoms with E-state index in [1.165, 1.54) is 0 Å². The molecule has 1 aliphatic heterocycles. The molecule has 1 fully saturated rings. The topological polar surface area (TPSA) is 60.9 Å². The van der Waals surface area contributed by atoms with Crippen molar-refractivity contribution in [2.24, 2.45) is 5.92 Å². The smallest absolute Gasteiger partial charge is 0.223 e. The molecule has 1 amide bonds. The molecule has 5 rings (SSSR count). The molecular formula is C28H28N2O4S. The van der Waals surface area contributed by atoms with Crippen molar-refractivity contribution < 1.29 is 19.0 Å². The molecule has 6 nitrogen and oxygen atoms in total. The Hall–Kier alpha value is -3.58. The summed E-state index contributed by atoms with van der Waals surface area (Å²) in [7, 11) is 1.65. The fourth-order valence-electron chi connectivity index (χ4n) is 4.34. The van der Waals surface area contributed by atoms with Crippen molar-refractivity contribution in [2.45, 2.75) is 32.6 Å². The van der Waals surface area contributed by atoms with Crippen LogP contribution in [0.15, 0.2) is 72.2 Å². The molecule has 4 aromatic rings. The number of hydrogen-bond donors (Lipinski definition) is 0. The first-order valence-electron chi connectivity index (χ1n) is 11.7. The predicted molar refractivity (Wildman–Crippen MR) is 137 cm³/mol. The number of nitrogens with zero attached hydrogens (tertiary/aromatic N) is 2. The van der Waals surface area contributed by atoms with Crippen LogP contribution < -0.4 is 14.2 Å². The van der Waals surface area contributed by atoms with E-state index in [1.807, 2.05) is 84.1 Å². The fraction of sp³-hybridized carbons (Fsp3) is 0.286. The van der Waals surface area contributed by atoms with Gasteiger partial charge in [-0.3, -0.25) is 4.79 Å². The highest BCUT2D eigenvalue weighted by molar-refractivity contribution is 7.17. The van der Waals surface area contributed by atoms with Crippen LogP contribution in [0.5, 0.6) is 17.2 Å². The molecule has 0 aliphatic carbocycles. The van der Waals surface area contributed by atoms with Gasteiger partial charge in [0.15, 0.2) is 0 Å². The molecule has 2 atom stereocenters. The van der Waals surface area contributed by atoms with E-state index >= 15 is 0 Å². The van der Waals surface area contributed by atoms with E-state index < -0.39 is 0 Å². The lowest BCUT2D eigenvalue weighted by molar-refractivity contribution is -0.128. The molecule has 1 saturated heterocycles. The van der Waals surface area contributed by atoms with Gasteiger partial charge in [0.25, 0.3) is 0 Å². The molecule has 3 aromatic carbocycles. The van der Waals surface area contributed by atoms with Gasteiger partial charge in [0, 0.05) is 37.6 Å². The highest BCUT2D eigenvalue weighted by Gasteiger charge is 2.34. The monoisotopic (exact) mass is 488 g/mol. The minimum Gasteiger partial charge on any atom is -0.497 e. The molecule has 180 valence electrons. The van der Waals surface area contributed by atoms with Crippen molar-refractivity contribution >= 4 is 27.5 Å². The summed E-state index contributed by atoms with van der Waals surface area (Å²) < 4.78 is 18.7. The lowest BCUT2D eigenvalue weighted by atomic mass is 10.0. The van der Waals surface area contributed by atoms with Crippen molar-refractivity contribution in [1.29, 1.82) is 0 Å². The molecule has 0 bridgehead atoms. The Morgan fingerprint density at radius 3 is 2.63 bits per heavy atom. The van der Waals surface area contributed by atoms with Gasteiger partial charge in [-0.15, -0.1) is 11.3 Å². The minimum absolute atomic E-state index is 0.109. The molecule has 0 N–H and O–H groups in total. The van der Waals surface area contributed by atoms with Crippen molar-refractivity contribution in [3.05, 3.63) is 83.4 Å². The maximum absolute atomic E-state index is 12.7. The van der Waals surface area contributed by atoms with Crippen LogP contribution in [-0.4, -0.2) is 35.5 Å². The maximum Gasteiger partial charge on any atom is 0.223 e. The van der Waals surface area contributed by atoms with Crippen LogP contribution in [0.4, 0.5) is 0 Å². The highest BCUT2D eigenvalue weighted by atomic mass is 32.1. The van der Waals surface area contributed by atoms with Crippen LogP contribution in [0.2, 0.25) is 0 Å². The van der Waals surface area contributed by atoms with Crippen LogP contribution in [0.3, 0.4) is 0 Å². The summed E-state index contributed by atoms with van der Waals surface area (Å²) in [5.74, 6) is 2.55.